The van der Waals surface area contributed by atoms with Crippen LogP contribution in [0.1, 0.15) is 69.8 Å². The summed E-state index contributed by atoms with van der Waals surface area (Å²) in [5, 5.41) is 0. The van der Waals surface area contributed by atoms with E-state index in [1.165, 1.54) is 64.0 Å². The maximum atomic E-state index is 14.0. The zero-order chi connectivity index (χ0) is 16.9. The Morgan fingerprint density at radius 1 is 1.12 bits per heavy atom. The van der Waals surface area contributed by atoms with Crippen molar-refractivity contribution in [1.82, 2.24) is 0 Å². The molecule has 2 saturated carbocycles. The van der Waals surface area contributed by atoms with Crippen LogP contribution in [0.15, 0.2) is 30.4 Å². The fourth-order valence-electron chi connectivity index (χ4n) is 4.99. The Bertz CT molecular complexity index is 565. The Balaban J connectivity index is 1.57. The van der Waals surface area contributed by atoms with Gasteiger partial charge in [0, 0.05) is 0 Å². The molecule has 0 heterocycles. The average molecular weight is 330 g/mol. The van der Waals surface area contributed by atoms with Gasteiger partial charge in [0.1, 0.15) is 0 Å². The third-order valence-corrected chi connectivity index (χ3v) is 6.35. The molecule has 3 rings (SSSR count). The quantitative estimate of drug-likeness (QED) is 0.561. The highest BCUT2D eigenvalue weighted by Gasteiger charge is 2.35. The molecule has 1 nitrogen and oxygen atoms in total. The third-order valence-electron chi connectivity index (χ3n) is 6.35. The number of benzene rings is 1. The molecule has 0 saturated heterocycles. The Labute approximate surface area is 146 Å². The molecule has 1 aromatic rings. The monoisotopic (exact) mass is 330 g/mol. The Morgan fingerprint density at radius 3 is 2.67 bits per heavy atom. The fourth-order valence-corrected chi connectivity index (χ4v) is 4.99. The van der Waals surface area contributed by atoms with Crippen molar-refractivity contribution in [1.29, 1.82) is 0 Å². The minimum absolute atomic E-state index is 0.218. The molecule has 0 amide bonds. The summed E-state index contributed by atoms with van der Waals surface area (Å²) >= 11 is 0. The zero-order valence-corrected chi connectivity index (χ0v) is 15.1. The summed E-state index contributed by atoms with van der Waals surface area (Å²) in [6.45, 7) is 2.11. The summed E-state index contributed by atoms with van der Waals surface area (Å²) in [6.07, 6.45) is 15.1. The SMILES string of the molecule is C/C=C/CCC1CCC2CC(c3ccc(OC)c(F)c3)CCC2C1. The molecule has 0 radical (unpaired) electrons. The van der Waals surface area contributed by atoms with E-state index in [9.17, 15) is 4.39 Å². The summed E-state index contributed by atoms with van der Waals surface area (Å²) in [5.74, 6) is 3.36. The second-order valence-electron chi connectivity index (χ2n) is 7.75. The van der Waals surface area contributed by atoms with Crippen molar-refractivity contribution in [3.8, 4) is 5.75 Å². The first-order chi connectivity index (χ1) is 11.7. The van der Waals surface area contributed by atoms with Crippen molar-refractivity contribution in [3.63, 3.8) is 0 Å². The molecule has 0 aliphatic heterocycles. The summed E-state index contributed by atoms with van der Waals surface area (Å²) < 4.78 is 19.1. The van der Waals surface area contributed by atoms with E-state index in [0.29, 0.717) is 11.7 Å². The highest BCUT2D eigenvalue weighted by atomic mass is 19.1. The molecular formula is C22H31FO. The predicted octanol–water partition coefficient (Wildman–Crippen LogP) is 6.49. The van der Waals surface area contributed by atoms with Gasteiger partial charge in [-0.05, 0) is 93.2 Å². The van der Waals surface area contributed by atoms with Crippen molar-refractivity contribution < 1.29 is 9.13 Å². The van der Waals surface area contributed by atoms with Crippen LogP contribution < -0.4 is 4.74 Å². The zero-order valence-electron chi connectivity index (χ0n) is 15.1. The molecule has 24 heavy (non-hydrogen) atoms. The Hall–Kier alpha value is -1.31. The van der Waals surface area contributed by atoms with Crippen LogP contribution >= 0.6 is 0 Å². The number of rotatable bonds is 5. The number of allylic oxidation sites excluding steroid dienone is 2. The largest absolute Gasteiger partial charge is 0.494 e. The lowest BCUT2D eigenvalue weighted by atomic mass is 9.63. The van der Waals surface area contributed by atoms with E-state index < -0.39 is 0 Å². The fraction of sp³-hybridized carbons (Fsp3) is 0.636. The van der Waals surface area contributed by atoms with Crippen LogP contribution in [0.4, 0.5) is 4.39 Å². The minimum atomic E-state index is -0.218. The Morgan fingerprint density at radius 2 is 1.92 bits per heavy atom. The second-order valence-corrected chi connectivity index (χ2v) is 7.75. The first-order valence-corrected chi connectivity index (χ1v) is 9.65. The van der Waals surface area contributed by atoms with Gasteiger partial charge in [0.2, 0.25) is 0 Å². The van der Waals surface area contributed by atoms with Gasteiger partial charge < -0.3 is 4.74 Å². The molecule has 2 aliphatic rings. The average Bonchev–Trinajstić information content (AvgIpc) is 2.61. The van der Waals surface area contributed by atoms with Crippen LogP contribution in [-0.4, -0.2) is 7.11 Å². The van der Waals surface area contributed by atoms with Gasteiger partial charge in [-0.2, -0.15) is 0 Å². The van der Waals surface area contributed by atoms with Crippen LogP contribution in [0.25, 0.3) is 0 Å². The molecule has 2 heteroatoms. The van der Waals surface area contributed by atoms with Crippen molar-refractivity contribution in [2.45, 2.75) is 64.2 Å². The number of hydrogen-bond donors (Lipinski definition) is 0. The summed E-state index contributed by atoms with van der Waals surface area (Å²) in [6, 6.07) is 5.55. The van der Waals surface area contributed by atoms with Crippen LogP contribution in [0.3, 0.4) is 0 Å². The summed E-state index contributed by atoms with van der Waals surface area (Å²) in [5.41, 5.74) is 1.17. The van der Waals surface area contributed by atoms with Crippen LogP contribution in [0.5, 0.6) is 5.75 Å². The summed E-state index contributed by atoms with van der Waals surface area (Å²) in [4.78, 5) is 0. The lowest BCUT2D eigenvalue weighted by molar-refractivity contribution is 0.115. The van der Waals surface area contributed by atoms with E-state index >= 15 is 0 Å². The maximum absolute atomic E-state index is 14.0. The first kappa shape index (κ1) is 17.5. The number of hydrogen-bond acceptors (Lipinski definition) is 1. The van der Waals surface area contributed by atoms with Crippen molar-refractivity contribution in [3.05, 3.63) is 41.7 Å². The second kappa shape index (κ2) is 8.18. The van der Waals surface area contributed by atoms with Crippen molar-refractivity contribution >= 4 is 0 Å². The normalized spacial score (nSPS) is 30.3. The molecular weight excluding hydrogens is 299 g/mol. The van der Waals surface area contributed by atoms with Gasteiger partial charge in [-0.25, -0.2) is 4.39 Å². The molecule has 0 N–H and O–H groups in total. The number of halogens is 1. The molecule has 4 unspecified atom stereocenters. The standard InChI is InChI=1S/C22H31FO/c1-3-4-5-6-16-7-8-18-14-19(10-9-17(18)13-16)20-11-12-22(24-2)21(23)15-20/h3-4,11-12,15-19H,5-10,13-14H2,1-2H3/b4-3+. The van der Waals surface area contributed by atoms with Crippen LogP contribution in [0, 0.1) is 23.6 Å². The molecule has 2 aliphatic carbocycles. The van der Waals surface area contributed by atoms with Crippen LogP contribution in [0.2, 0.25) is 0 Å². The van der Waals surface area contributed by atoms with Gasteiger partial charge in [0.15, 0.2) is 11.6 Å². The lowest BCUT2D eigenvalue weighted by Crippen LogP contribution is -2.30. The van der Waals surface area contributed by atoms with Gasteiger partial charge >= 0.3 is 0 Å². The number of ether oxygens (including phenoxy) is 1. The highest BCUT2D eigenvalue weighted by Crippen LogP contribution is 2.48. The Kier molecular flexibility index (Phi) is 5.97. The minimum Gasteiger partial charge on any atom is -0.494 e. The van der Waals surface area contributed by atoms with Gasteiger partial charge in [-0.3, -0.25) is 0 Å². The molecule has 1 aromatic carbocycles. The molecule has 0 aromatic heterocycles. The van der Waals surface area contributed by atoms with E-state index in [1.807, 2.05) is 0 Å². The van der Waals surface area contributed by atoms with Gasteiger partial charge in [0.25, 0.3) is 0 Å². The summed E-state index contributed by atoms with van der Waals surface area (Å²) in [7, 11) is 1.53. The topological polar surface area (TPSA) is 9.23 Å². The smallest absolute Gasteiger partial charge is 0.165 e. The molecule has 2 fully saturated rings. The first-order valence-electron chi connectivity index (χ1n) is 9.65. The predicted molar refractivity (Wildman–Crippen MR) is 97.9 cm³/mol. The molecule has 0 bridgehead atoms. The third kappa shape index (κ3) is 4.02. The molecule has 0 spiro atoms. The van der Waals surface area contributed by atoms with E-state index in [2.05, 4.69) is 25.1 Å². The van der Waals surface area contributed by atoms with E-state index in [4.69, 9.17) is 4.74 Å². The lowest BCUT2D eigenvalue weighted by Gasteiger charge is -2.42. The van der Waals surface area contributed by atoms with E-state index in [-0.39, 0.29) is 5.82 Å². The van der Waals surface area contributed by atoms with Crippen LogP contribution in [-0.2, 0) is 0 Å². The van der Waals surface area contributed by atoms with Crippen molar-refractivity contribution in [2.75, 3.05) is 7.11 Å². The number of methoxy groups -OCH3 is 1. The highest BCUT2D eigenvalue weighted by molar-refractivity contribution is 5.31. The van der Waals surface area contributed by atoms with E-state index in [1.54, 1.807) is 12.1 Å². The van der Waals surface area contributed by atoms with Gasteiger partial charge in [0.05, 0.1) is 7.11 Å². The van der Waals surface area contributed by atoms with Gasteiger partial charge in [-0.1, -0.05) is 24.6 Å². The van der Waals surface area contributed by atoms with Gasteiger partial charge in [-0.15, -0.1) is 0 Å². The van der Waals surface area contributed by atoms with Crippen molar-refractivity contribution in [2.24, 2.45) is 17.8 Å². The van der Waals surface area contributed by atoms with E-state index in [0.717, 1.165) is 17.8 Å². The molecule has 132 valence electrons. The maximum Gasteiger partial charge on any atom is 0.165 e. The number of fused-ring (bicyclic) bond motifs is 1. The molecule has 4 atom stereocenters.